The van der Waals surface area contributed by atoms with Crippen molar-refractivity contribution in [2.75, 3.05) is 6.54 Å². The monoisotopic (exact) mass is 347 g/mol. The van der Waals surface area contributed by atoms with Crippen LogP contribution in [0.5, 0.6) is 0 Å². The van der Waals surface area contributed by atoms with Crippen LogP contribution in [0.15, 0.2) is 23.6 Å². The highest BCUT2D eigenvalue weighted by molar-refractivity contribution is 7.13. The Bertz CT molecular complexity index is 650. The Kier molecular flexibility index (Phi) is 5.99. The second kappa shape index (κ2) is 7.13. The maximum Gasteiger partial charge on any atom is 0.270 e. The molecule has 0 fully saturated rings. The predicted molar refractivity (Wildman–Crippen MR) is 85.3 cm³/mol. The van der Waals surface area contributed by atoms with E-state index in [0.717, 1.165) is 23.5 Å². The molecular formula is C14H16ClF2N3OS. The van der Waals surface area contributed by atoms with Crippen LogP contribution in [-0.2, 0) is 0 Å². The van der Waals surface area contributed by atoms with Gasteiger partial charge in [0.05, 0.1) is 5.56 Å². The Morgan fingerprint density at radius 1 is 1.36 bits per heavy atom. The van der Waals surface area contributed by atoms with E-state index in [1.165, 1.54) is 11.4 Å². The molecule has 0 atom stereocenters. The van der Waals surface area contributed by atoms with Gasteiger partial charge in [0.2, 0.25) is 0 Å². The molecule has 2 aromatic rings. The summed E-state index contributed by atoms with van der Waals surface area (Å²) < 4.78 is 27.3. The summed E-state index contributed by atoms with van der Waals surface area (Å²) in [6.07, 6.45) is 0. The van der Waals surface area contributed by atoms with Crippen LogP contribution in [0.25, 0.3) is 10.6 Å². The van der Waals surface area contributed by atoms with Crippen LogP contribution in [0.1, 0.15) is 24.3 Å². The number of nitrogens with two attached hydrogens (primary N) is 1. The van der Waals surface area contributed by atoms with E-state index in [4.69, 9.17) is 5.73 Å². The van der Waals surface area contributed by atoms with Gasteiger partial charge in [0.25, 0.3) is 5.91 Å². The summed E-state index contributed by atoms with van der Waals surface area (Å²) in [4.78, 5) is 15.9. The molecule has 8 heteroatoms. The fourth-order valence-electron chi connectivity index (χ4n) is 1.59. The van der Waals surface area contributed by atoms with E-state index in [9.17, 15) is 13.6 Å². The van der Waals surface area contributed by atoms with Gasteiger partial charge in [0, 0.05) is 17.5 Å². The van der Waals surface area contributed by atoms with Gasteiger partial charge in [-0.3, -0.25) is 4.79 Å². The number of halogens is 3. The molecule has 1 aromatic carbocycles. The van der Waals surface area contributed by atoms with Crippen LogP contribution < -0.4 is 11.1 Å². The maximum absolute atomic E-state index is 13.7. The first kappa shape index (κ1) is 18.5. The lowest BCUT2D eigenvalue weighted by molar-refractivity contribution is 0.0942. The van der Waals surface area contributed by atoms with Crippen molar-refractivity contribution in [3.63, 3.8) is 0 Å². The number of thiazole rings is 1. The van der Waals surface area contributed by atoms with E-state index < -0.39 is 23.1 Å². The van der Waals surface area contributed by atoms with Crippen LogP contribution in [0.3, 0.4) is 0 Å². The van der Waals surface area contributed by atoms with Crippen molar-refractivity contribution in [1.82, 2.24) is 10.3 Å². The van der Waals surface area contributed by atoms with Gasteiger partial charge in [-0.05, 0) is 26.0 Å². The quantitative estimate of drug-likeness (QED) is 0.893. The van der Waals surface area contributed by atoms with Gasteiger partial charge in [-0.25, -0.2) is 13.8 Å². The smallest absolute Gasteiger partial charge is 0.270 e. The van der Waals surface area contributed by atoms with Gasteiger partial charge in [-0.2, -0.15) is 0 Å². The number of hydrogen-bond acceptors (Lipinski definition) is 4. The highest BCUT2D eigenvalue weighted by Crippen LogP contribution is 2.28. The lowest BCUT2D eigenvalue weighted by atomic mass is 10.1. The molecule has 0 aliphatic carbocycles. The molecule has 1 heterocycles. The van der Waals surface area contributed by atoms with Crippen molar-refractivity contribution in [1.29, 1.82) is 0 Å². The van der Waals surface area contributed by atoms with E-state index in [1.54, 1.807) is 13.8 Å². The summed E-state index contributed by atoms with van der Waals surface area (Å²) in [7, 11) is 0. The zero-order valence-corrected chi connectivity index (χ0v) is 13.7. The summed E-state index contributed by atoms with van der Waals surface area (Å²) >= 11 is 1.01. The van der Waals surface area contributed by atoms with E-state index in [0.29, 0.717) is 0 Å². The summed E-state index contributed by atoms with van der Waals surface area (Å²) in [6.45, 7) is 3.82. The van der Waals surface area contributed by atoms with Crippen molar-refractivity contribution >= 4 is 29.7 Å². The van der Waals surface area contributed by atoms with E-state index in [1.807, 2.05) is 0 Å². The maximum atomic E-state index is 13.7. The number of carbonyl (C=O) groups excluding carboxylic acids is 1. The molecule has 4 nitrogen and oxygen atoms in total. The van der Waals surface area contributed by atoms with E-state index in [-0.39, 0.29) is 35.2 Å². The Morgan fingerprint density at radius 2 is 1.95 bits per heavy atom. The van der Waals surface area contributed by atoms with Gasteiger partial charge < -0.3 is 11.1 Å². The van der Waals surface area contributed by atoms with Crippen molar-refractivity contribution in [2.45, 2.75) is 19.4 Å². The Hall–Kier alpha value is -1.57. The molecule has 22 heavy (non-hydrogen) atoms. The number of benzene rings is 1. The van der Waals surface area contributed by atoms with Crippen LogP contribution in [0.4, 0.5) is 8.78 Å². The second-order valence-electron chi connectivity index (χ2n) is 5.31. The number of rotatable bonds is 4. The minimum absolute atomic E-state index is 0. The van der Waals surface area contributed by atoms with Gasteiger partial charge in [0.15, 0.2) is 0 Å². The third kappa shape index (κ3) is 4.46. The first-order valence-corrected chi connectivity index (χ1v) is 7.13. The zero-order valence-electron chi connectivity index (χ0n) is 12.0. The molecule has 3 N–H and O–H groups in total. The molecule has 0 saturated carbocycles. The Balaban J connectivity index is 0.00000242. The number of nitrogens with one attached hydrogen (secondary N) is 1. The topological polar surface area (TPSA) is 68.0 Å². The fraction of sp³-hybridized carbons (Fsp3) is 0.286. The predicted octanol–water partition coefficient (Wildman–Crippen LogP) is 2.98. The lowest BCUT2D eigenvalue weighted by Gasteiger charge is -2.18. The van der Waals surface area contributed by atoms with E-state index >= 15 is 0 Å². The number of aromatic nitrogens is 1. The molecule has 120 valence electrons. The highest BCUT2D eigenvalue weighted by atomic mass is 35.5. The highest BCUT2D eigenvalue weighted by Gasteiger charge is 2.19. The summed E-state index contributed by atoms with van der Waals surface area (Å²) in [6, 6.07) is 3.58. The molecule has 1 aromatic heterocycles. The number of hydrogen-bond donors (Lipinski definition) is 2. The van der Waals surface area contributed by atoms with Crippen molar-refractivity contribution in [2.24, 2.45) is 5.73 Å². The molecule has 0 aliphatic heterocycles. The van der Waals surface area contributed by atoms with Gasteiger partial charge in [0.1, 0.15) is 22.3 Å². The number of carbonyl (C=O) groups is 1. The summed E-state index contributed by atoms with van der Waals surface area (Å²) in [5.74, 6) is -1.84. The molecular weight excluding hydrogens is 332 g/mol. The van der Waals surface area contributed by atoms with Crippen molar-refractivity contribution in [3.8, 4) is 10.6 Å². The molecule has 0 saturated heterocycles. The van der Waals surface area contributed by atoms with Crippen molar-refractivity contribution in [3.05, 3.63) is 40.9 Å². The van der Waals surface area contributed by atoms with Crippen LogP contribution in [0, 0.1) is 11.6 Å². The zero-order chi connectivity index (χ0) is 15.6. The molecule has 0 bridgehead atoms. The largest absolute Gasteiger partial charge is 0.349 e. The van der Waals surface area contributed by atoms with Gasteiger partial charge >= 0.3 is 0 Å². The summed E-state index contributed by atoms with van der Waals surface area (Å²) in [5.41, 5.74) is 5.11. The van der Waals surface area contributed by atoms with E-state index in [2.05, 4.69) is 10.3 Å². The van der Waals surface area contributed by atoms with Crippen LogP contribution >= 0.6 is 23.7 Å². The summed E-state index contributed by atoms with van der Waals surface area (Å²) in [5, 5.41) is 4.21. The third-order valence-corrected chi connectivity index (χ3v) is 3.48. The minimum Gasteiger partial charge on any atom is -0.349 e. The second-order valence-corrected chi connectivity index (χ2v) is 6.16. The fourth-order valence-corrected chi connectivity index (χ4v) is 2.44. The molecule has 0 aliphatic rings. The normalized spacial score (nSPS) is 11.0. The third-order valence-electron chi connectivity index (χ3n) is 2.62. The standard InChI is InChI=1S/C14H15F2N3OS.ClH/c1-14(2,17)7-18-12(20)10-6-21-13(19-10)11-8(15)4-3-5-9(11)16;/h3-6H,7,17H2,1-2H3,(H,18,20);1H. The molecule has 0 spiro atoms. The average molecular weight is 348 g/mol. The van der Waals surface area contributed by atoms with Crippen molar-refractivity contribution < 1.29 is 13.6 Å². The average Bonchev–Trinajstić information content (AvgIpc) is 2.84. The molecule has 0 radical (unpaired) electrons. The molecule has 2 rings (SSSR count). The first-order valence-electron chi connectivity index (χ1n) is 6.25. The minimum atomic E-state index is -0.709. The Morgan fingerprint density at radius 3 is 2.50 bits per heavy atom. The number of nitrogens with zero attached hydrogens (tertiary/aromatic N) is 1. The van der Waals surface area contributed by atoms with Crippen LogP contribution in [-0.4, -0.2) is 23.0 Å². The molecule has 1 amide bonds. The lowest BCUT2D eigenvalue weighted by Crippen LogP contribution is -2.45. The number of amides is 1. The SMILES string of the molecule is CC(C)(N)CNC(=O)c1csc(-c2c(F)cccc2F)n1.Cl. The molecule has 0 unspecified atom stereocenters. The van der Waals surface area contributed by atoms with Crippen LogP contribution in [0.2, 0.25) is 0 Å². The first-order chi connectivity index (χ1) is 9.78. The van der Waals surface area contributed by atoms with Gasteiger partial charge in [-0.15, -0.1) is 23.7 Å². The van der Waals surface area contributed by atoms with Gasteiger partial charge in [-0.1, -0.05) is 6.07 Å². The Labute approximate surface area is 137 Å².